The summed E-state index contributed by atoms with van der Waals surface area (Å²) >= 11 is 0. The van der Waals surface area contributed by atoms with Crippen molar-refractivity contribution in [3.05, 3.63) is 0 Å². The molecule has 0 unspecified atom stereocenters. The summed E-state index contributed by atoms with van der Waals surface area (Å²) in [5.41, 5.74) is 5.57. The van der Waals surface area contributed by atoms with E-state index in [0.717, 1.165) is 5.84 Å². The highest BCUT2D eigenvalue weighted by atomic mass is 15.9. The molecule has 4 nitrogen and oxygen atoms in total. The Morgan fingerprint density at radius 3 is 2.57 bits per heavy atom. The standard InChI is InChI=1S/C3H8N4/c1-3-4-6-7(2)5-3/h6H,1-2H3,(H,4,5). The van der Waals surface area contributed by atoms with Gasteiger partial charge in [0.2, 0.25) is 0 Å². The normalized spacial score (nSPS) is 20.6. The van der Waals surface area contributed by atoms with E-state index in [1.807, 2.05) is 14.0 Å². The van der Waals surface area contributed by atoms with Crippen LogP contribution in [-0.2, 0) is 0 Å². The molecule has 0 aliphatic carbocycles. The van der Waals surface area contributed by atoms with Crippen LogP contribution >= 0.6 is 0 Å². The van der Waals surface area contributed by atoms with Crippen molar-refractivity contribution in [3.8, 4) is 0 Å². The van der Waals surface area contributed by atoms with Crippen molar-refractivity contribution in [2.24, 2.45) is 5.10 Å². The van der Waals surface area contributed by atoms with Gasteiger partial charge in [-0.1, -0.05) is 0 Å². The molecule has 0 saturated heterocycles. The first-order valence-corrected chi connectivity index (χ1v) is 2.09. The number of rotatable bonds is 0. The van der Waals surface area contributed by atoms with Crippen molar-refractivity contribution in [1.82, 2.24) is 16.1 Å². The Kier molecular flexibility index (Phi) is 0.867. The minimum absolute atomic E-state index is 0.891. The lowest BCUT2D eigenvalue weighted by molar-refractivity contribution is 0.231. The van der Waals surface area contributed by atoms with E-state index in [0.29, 0.717) is 0 Å². The van der Waals surface area contributed by atoms with Crippen molar-refractivity contribution in [3.63, 3.8) is 0 Å². The number of hydrogen-bond donors (Lipinski definition) is 2. The maximum absolute atomic E-state index is 3.80. The maximum atomic E-state index is 3.80. The van der Waals surface area contributed by atoms with E-state index in [4.69, 9.17) is 0 Å². The second-order valence-corrected chi connectivity index (χ2v) is 1.47. The van der Waals surface area contributed by atoms with Crippen LogP contribution in [0.15, 0.2) is 5.10 Å². The molecule has 0 spiro atoms. The second-order valence-electron chi connectivity index (χ2n) is 1.47. The molecule has 0 fully saturated rings. The first-order chi connectivity index (χ1) is 3.29. The summed E-state index contributed by atoms with van der Waals surface area (Å²) in [7, 11) is 1.85. The number of amidine groups is 1. The van der Waals surface area contributed by atoms with E-state index in [2.05, 4.69) is 16.1 Å². The molecule has 1 heterocycles. The zero-order valence-electron chi connectivity index (χ0n) is 4.39. The van der Waals surface area contributed by atoms with Gasteiger partial charge in [-0.2, -0.15) is 0 Å². The summed E-state index contributed by atoms with van der Waals surface area (Å²) in [6, 6.07) is 0. The Morgan fingerprint density at radius 1 is 1.71 bits per heavy atom. The zero-order valence-corrected chi connectivity index (χ0v) is 4.39. The third kappa shape index (κ3) is 0.806. The van der Waals surface area contributed by atoms with Crippen molar-refractivity contribution < 1.29 is 0 Å². The van der Waals surface area contributed by atoms with E-state index in [1.54, 1.807) is 5.12 Å². The smallest absolute Gasteiger partial charge is 0.136 e. The highest BCUT2D eigenvalue weighted by molar-refractivity contribution is 5.79. The van der Waals surface area contributed by atoms with E-state index >= 15 is 0 Å². The Morgan fingerprint density at radius 2 is 2.43 bits per heavy atom. The molecule has 4 heteroatoms. The van der Waals surface area contributed by atoms with Crippen LogP contribution in [-0.4, -0.2) is 18.0 Å². The van der Waals surface area contributed by atoms with E-state index in [-0.39, 0.29) is 0 Å². The Hall–Kier alpha value is -0.770. The van der Waals surface area contributed by atoms with Gasteiger partial charge in [0, 0.05) is 7.05 Å². The highest BCUT2D eigenvalue weighted by Crippen LogP contribution is 1.78. The van der Waals surface area contributed by atoms with Crippen LogP contribution in [0.2, 0.25) is 0 Å². The summed E-state index contributed by atoms with van der Waals surface area (Å²) < 4.78 is 0. The molecule has 0 bridgehead atoms. The summed E-state index contributed by atoms with van der Waals surface area (Å²) in [4.78, 5) is 0. The number of nitrogens with zero attached hydrogens (tertiary/aromatic N) is 2. The Labute approximate surface area is 42.1 Å². The monoisotopic (exact) mass is 100 g/mol. The van der Waals surface area contributed by atoms with Crippen molar-refractivity contribution in [1.29, 1.82) is 0 Å². The Bertz CT molecular complexity index is 97.1. The lowest BCUT2D eigenvalue weighted by atomic mass is 10.7. The molecule has 2 N–H and O–H groups in total. The fourth-order valence-corrected chi connectivity index (χ4v) is 0.443. The molecule has 0 radical (unpaired) electrons. The molecular formula is C3H8N4. The number of hydrazone groups is 1. The summed E-state index contributed by atoms with van der Waals surface area (Å²) in [5.74, 6) is 0.891. The maximum Gasteiger partial charge on any atom is 0.136 e. The molecule has 0 aromatic carbocycles. The van der Waals surface area contributed by atoms with Crippen molar-refractivity contribution in [2.75, 3.05) is 7.05 Å². The van der Waals surface area contributed by atoms with E-state index in [1.165, 1.54) is 0 Å². The minimum atomic E-state index is 0.891. The van der Waals surface area contributed by atoms with Crippen molar-refractivity contribution >= 4 is 5.84 Å². The van der Waals surface area contributed by atoms with E-state index in [9.17, 15) is 0 Å². The molecule has 0 aromatic heterocycles. The van der Waals surface area contributed by atoms with Gasteiger partial charge in [0.25, 0.3) is 0 Å². The van der Waals surface area contributed by atoms with Crippen LogP contribution in [0.4, 0.5) is 0 Å². The predicted octanol–water partition coefficient (Wildman–Crippen LogP) is -0.726. The van der Waals surface area contributed by atoms with Gasteiger partial charge in [-0.05, 0) is 6.92 Å². The van der Waals surface area contributed by atoms with Crippen LogP contribution in [0, 0.1) is 0 Å². The average molecular weight is 100 g/mol. The highest BCUT2D eigenvalue weighted by Gasteiger charge is 2.01. The van der Waals surface area contributed by atoms with Crippen molar-refractivity contribution in [2.45, 2.75) is 6.92 Å². The second kappa shape index (κ2) is 1.38. The average Bonchev–Trinajstić information content (AvgIpc) is 1.87. The van der Waals surface area contributed by atoms with E-state index < -0.39 is 0 Å². The van der Waals surface area contributed by atoms with Gasteiger partial charge in [-0.25, -0.2) is 5.53 Å². The molecule has 1 aliphatic rings. The van der Waals surface area contributed by atoms with Gasteiger partial charge in [-0.15, -0.1) is 10.2 Å². The first kappa shape index (κ1) is 4.39. The van der Waals surface area contributed by atoms with Crippen LogP contribution in [0.25, 0.3) is 0 Å². The summed E-state index contributed by atoms with van der Waals surface area (Å²) in [6.45, 7) is 1.89. The summed E-state index contributed by atoms with van der Waals surface area (Å²) in [5, 5.41) is 5.47. The minimum Gasteiger partial charge on any atom is -0.287 e. The third-order valence-electron chi connectivity index (χ3n) is 0.697. The van der Waals surface area contributed by atoms with Gasteiger partial charge in [0.1, 0.15) is 5.84 Å². The first-order valence-electron chi connectivity index (χ1n) is 2.09. The molecule has 0 saturated carbocycles. The SMILES string of the molecule is CC1=NNN(C)N1. The molecule has 1 aliphatic heterocycles. The Balaban J connectivity index is 2.42. The van der Waals surface area contributed by atoms with Gasteiger partial charge in [0.05, 0.1) is 0 Å². The molecule has 40 valence electrons. The topological polar surface area (TPSA) is 39.7 Å². The number of hydrazine groups is 2. The quantitative estimate of drug-likeness (QED) is 0.422. The molecule has 1 rings (SSSR count). The fraction of sp³-hybridized carbons (Fsp3) is 0.667. The van der Waals surface area contributed by atoms with Gasteiger partial charge in [0.15, 0.2) is 0 Å². The van der Waals surface area contributed by atoms with Gasteiger partial charge >= 0.3 is 0 Å². The third-order valence-corrected chi connectivity index (χ3v) is 0.697. The number of nitrogens with one attached hydrogen (secondary N) is 2. The van der Waals surface area contributed by atoms with Crippen LogP contribution < -0.4 is 11.0 Å². The van der Waals surface area contributed by atoms with Crippen LogP contribution in [0.1, 0.15) is 6.92 Å². The fourth-order valence-electron chi connectivity index (χ4n) is 0.443. The lowest BCUT2D eigenvalue weighted by Gasteiger charge is -2.05. The van der Waals surface area contributed by atoms with Crippen LogP contribution in [0.5, 0.6) is 0 Å². The molecular weight excluding hydrogens is 92.1 g/mol. The summed E-state index contributed by atoms with van der Waals surface area (Å²) in [6.07, 6.45) is 0. The molecule has 7 heavy (non-hydrogen) atoms. The molecule has 0 atom stereocenters. The largest absolute Gasteiger partial charge is 0.287 e. The van der Waals surface area contributed by atoms with Crippen LogP contribution in [0.3, 0.4) is 0 Å². The lowest BCUT2D eigenvalue weighted by Crippen LogP contribution is -2.36. The molecule has 0 aromatic rings. The zero-order chi connectivity index (χ0) is 5.28. The van der Waals surface area contributed by atoms with Gasteiger partial charge in [-0.3, -0.25) is 5.43 Å². The van der Waals surface area contributed by atoms with Gasteiger partial charge < -0.3 is 0 Å². The predicted molar refractivity (Wildman–Crippen MR) is 27.1 cm³/mol. The number of hydrogen-bond acceptors (Lipinski definition) is 4. The molecule has 0 amide bonds.